The van der Waals surface area contributed by atoms with E-state index >= 15 is 0 Å². The Balaban J connectivity index is 0.000000125. The zero-order valence-corrected chi connectivity index (χ0v) is 69.9. The number of carbonyl (C=O) groups excluding carboxylic acids is 2. The number of rotatable bonds is 15. The molecule has 0 saturated carbocycles. The third kappa shape index (κ3) is 17.4. The van der Waals surface area contributed by atoms with E-state index in [4.69, 9.17) is 45.1 Å². The molecule has 7 aromatic heterocycles. The van der Waals surface area contributed by atoms with Crippen molar-refractivity contribution in [3.05, 3.63) is 329 Å². The number of nitrogens with zero attached hydrogens (tertiary/aromatic N) is 10. The standard InChI is InChI=1S/C25H19N3O2S.C23H23N3O2S.C18H16N2O.C17H14N2O.C16H11FN2O/c1-30-19-10-8-18(9-11-19)28-14-21(20-12-7-17(24(26)29)13-23(20)28)25-27-22(15-31-25)16-5-3-2-4-6-16;1-23(2,3)20-13-29-22(25-20)18-12-26(15-6-8-16(28-4)9-7-15)19-11-14(21(24)27)5-10-17(18)19;1-12-5-4-6-13(9-12)18-16(11-19)15-8-7-14(21-3)10-17(15)20(18)2;1-12-3-8-16-13(10-18)11-19(17(16)9-12)14-4-6-15(20-2)7-5-14;1-20-14-5-3-13(4-6-14)19-10-11(9-18)15-7-2-12(17)8-16(15)19/h2-15H,1H3,(H2,26,29);5-13H,1-4H3,(H2,24,27);4-10H,1-3H3;3-9,11H,1-2H3;2-8,10H,1H3. The summed E-state index contributed by atoms with van der Waals surface area (Å²) in [5.74, 6) is 2.72. The first-order chi connectivity index (χ1) is 58.5. The van der Waals surface area contributed by atoms with Gasteiger partial charge in [-0.1, -0.05) is 99.1 Å². The molecule has 4 N–H and O–H groups in total. The van der Waals surface area contributed by atoms with Crippen LogP contribution in [0.5, 0.6) is 28.7 Å². The Morgan fingerprint density at radius 2 is 0.826 bits per heavy atom. The highest BCUT2D eigenvalue weighted by atomic mass is 32.1. The fourth-order valence-corrected chi connectivity index (χ4v) is 16.2. The average Bonchev–Trinajstić information content (AvgIpc) is 1.65. The number of primary amides is 2. The summed E-state index contributed by atoms with van der Waals surface area (Å²) in [5.41, 5.74) is 31.7. The SMILES string of the molecule is COc1ccc(-n2cc(-c3nc(-c4ccccc4)cs3)c3ccc(C(N)=O)cc32)cc1.COc1ccc(-n2cc(-c3nc(C(C)(C)C)cs3)c3ccc(C(N)=O)cc32)cc1.COc1ccc(-n2cc(C#N)c3ccc(C)cc32)cc1.COc1ccc(-n2cc(C#N)c3ccc(F)cc32)cc1.COc1ccc2c(C#N)c(-c3cccc(C)c3)n(C)c2c1. The summed E-state index contributed by atoms with van der Waals surface area (Å²) in [6.07, 6.45) is 7.73. The number of benzene rings is 11. The maximum atomic E-state index is 13.4. The topological polar surface area (TPSA) is 254 Å². The molecule has 19 nitrogen and oxygen atoms in total. The highest BCUT2D eigenvalue weighted by Crippen LogP contribution is 2.41. The number of carbonyl (C=O) groups is 2. The highest BCUT2D eigenvalue weighted by Gasteiger charge is 2.24. The summed E-state index contributed by atoms with van der Waals surface area (Å²) in [4.78, 5) is 33.3. The van der Waals surface area contributed by atoms with E-state index in [0.717, 1.165) is 150 Å². The molecule has 0 atom stereocenters. The molecule has 0 saturated heterocycles. The molecule has 0 unspecified atom stereocenters. The van der Waals surface area contributed by atoms with Crippen molar-refractivity contribution in [2.45, 2.75) is 40.0 Å². The molecule has 600 valence electrons. The van der Waals surface area contributed by atoms with E-state index in [2.05, 4.69) is 120 Å². The van der Waals surface area contributed by atoms with E-state index in [9.17, 15) is 29.8 Å². The minimum Gasteiger partial charge on any atom is -0.497 e. The zero-order chi connectivity index (χ0) is 85.3. The van der Waals surface area contributed by atoms with Gasteiger partial charge in [0.05, 0.1) is 96.9 Å². The van der Waals surface area contributed by atoms with Gasteiger partial charge in [-0.3, -0.25) is 9.59 Å². The third-order valence-corrected chi connectivity index (χ3v) is 22.4. The van der Waals surface area contributed by atoms with Gasteiger partial charge in [0.2, 0.25) is 11.8 Å². The van der Waals surface area contributed by atoms with Gasteiger partial charge in [0.1, 0.15) is 62.8 Å². The van der Waals surface area contributed by atoms with Gasteiger partial charge in [-0.15, -0.1) is 22.7 Å². The van der Waals surface area contributed by atoms with Crippen molar-refractivity contribution in [1.82, 2.24) is 32.8 Å². The van der Waals surface area contributed by atoms with Gasteiger partial charge >= 0.3 is 0 Å². The van der Waals surface area contributed by atoms with Gasteiger partial charge in [-0.2, -0.15) is 15.8 Å². The van der Waals surface area contributed by atoms with Gasteiger partial charge in [0.25, 0.3) is 0 Å². The monoisotopic (exact) mass is 1630 g/mol. The van der Waals surface area contributed by atoms with Crippen molar-refractivity contribution in [1.29, 1.82) is 15.8 Å². The van der Waals surface area contributed by atoms with Crippen molar-refractivity contribution < 1.29 is 37.7 Å². The Labute approximate surface area is 706 Å². The summed E-state index contributed by atoms with van der Waals surface area (Å²) in [5, 5.41) is 38.8. The first-order valence-corrected chi connectivity index (χ1v) is 40.1. The largest absolute Gasteiger partial charge is 0.497 e. The maximum absolute atomic E-state index is 13.4. The van der Waals surface area contributed by atoms with Crippen LogP contribution in [0.25, 0.3) is 121 Å². The molecule has 2 amide bonds. The number of hydrogen-bond acceptors (Lipinski definition) is 14. The van der Waals surface area contributed by atoms with Crippen LogP contribution in [0.2, 0.25) is 0 Å². The van der Waals surface area contributed by atoms with Crippen LogP contribution in [0, 0.1) is 53.7 Å². The van der Waals surface area contributed by atoms with Crippen molar-refractivity contribution in [2.75, 3.05) is 35.5 Å². The van der Waals surface area contributed by atoms with Gasteiger partial charge in [-0.05, 0) is 189 Å². The predicted octanol–water partition coefficient (Wildman–Crippen LogP) is 22.2. The molecule has 0 aliphatic carbocycles. The molecule has 0 bridgehead atoms. The molecule has 0 aliphatic heterocycles. The average molecular weight is 1640 g/mol. The number of halogens is 1. The van der Waals surface area contributed by atoms with Gasteiger partial charge in [0.15, 0.2) is 0 Å². The lowest BCUT2D eigenvalue weighted by Gasteiger charge is -2.14. The van der Waals surface area contributed by atoms with Crippen molar-refractivity contribution in [2.24, 2.45) is 18.5 Å². The number of fused-ring (bicyclic) bond motifs is 5. The number of methoxy groups -OCH3 is 5. The highest BCUT2D eigenvalue weighted by molar-refractivity contribution is 7.13. The smallest absolute Gasteiger partial charge is 0.248 e. The van der Waals surface area contributed by atoms with Gasteiger partial charge < -0.3 is 58.0 Å². The lowest BCUT2D eigenvalue weighted by molar-refractivity contribution is 0.0992. The zero-order valence-electron chi connectivity index (χ0n) is 68.2. The number of thiazole rings is 2. The second-order valence-corrected chi connectivity index (χ2v) is 31.1. The Morgan fingerprint density at radius 3 is 1.27 bits per heavy atom. The Hall–Kier alpha value is -15.3. The number of aryl methyl sites for hydroxylation is 3. The fourth-order valence-electron chi connectivity index (χ4n) is 14.3. The van der Waals surface area contributed by atoms with Crippen molar-refractivity contribution in [3.8, 4) is 113 Å². The Kier molecular flexibility index (Phi) is 24.2. The van der Waals surface area contributed by atoms with Crippen LogP contribution in [0.4, 0.5) is 4.39 Å². The number of nitriles is 3. The van der Waals surface area contributed by atoms with Crippen molar-refractivity contribution >= 4 is 89.0 Å². The van der Waals surface area contributed by atoms with Crippen LogP contribution in [0.3, 0.4) is 0 Å². The second kappa shape index (κ2) is 35.7. The van der Waals surface area contributed by atoms with Crippen LogP contribution < -0.4 is 35.2 Å². The molecule has 121 heavy (non-hydrogen) atoms. The van der Waals surface area contributed by atoms with E-state index in [-0.39, 0.29) is 11.2 Å². The molecular weight excluding hydrogens is 1550 g/mol. The Morgan fingerprint density at radius 1 is 0.413 bits per heavy atom. The summed E-state index contributed by atoms with van der Waals surface area (Å²) in [7, 11) is 10.2. The van der Waals surface area contributed by atoms with Crippen LogP contribution in [0.15, 0.2) is 278 Å². The first-order valence-electron chi connectivity index (χ1n) is 38.3. The molecule has 0 radical (unpaired) electrons. The predicted molar refractivity (Wildman–Crippen MR) is 481 cm³/mol. The molecule has 0 fully saturated rings. The van der Waals surface area contributed by atoms with Gasteiger partial charge in [0, 0.05) is 132 Å². The third-order valence-electron chi connectivity index (χ3n) is 20.7. The van der Waals surface area contributed by atoms with Crippen LogP contribution in [-0.2, 0) is 12.5 Å². The lowest BCUT2D eigenvalue weighted by atomic mass is 9.93. The minimum absolute atomic E-state index is 0.0117. The van der Waals surface area contributed by atoms with E-state index in [1.54, 1.807) is 87.2 Å². The number of ether oxygens (including phenoxy) is 5. The summed E-state index contributed by atoms with van der Waals surface area (Å²) in [6.45, 7) is 10.6. The van der Waals surface area contributed by atoms with E-state index in [1.165, 1.54) is 23.3 Å². The molecule has 0 aliphatic rings. The fraction of sp³-hybridized carbons (Fsp3) is 0.121. The van der Waals surface area contributed by atoms with Crippen LogP contribution in [0.1, 0.15) is 75.0 Å². The van der Waals surface area contributed by atoms with Crippen LogP contribution >= 0.6 is 22.7 Å². The molecule has 18 rings (SSSR count). The van der Waals surface area contributed by atoms with Gasteiger partial charge in [-0.25, -0.2) is 14.4 Å². The van der Waals surface area contributed by atoms with Crippen LogP contribution in [-0.4, -0.2) is 80.2 Å². The first kappa shape index (κ1) is 82.3. The molecule has 7 heterocycles. The number of hydrogen-bond donors (Lipinski definition) is 2. The molecule has 22 heteroatoms. The van der Waals surface area contributed by atoms with E-state index in [0.29, 0.717) is 33.3 Å². The number of nitrogens with two attached hydrogens (primary N) is 2. The minimum atomic E-state index is -0.452. The number of amides is 2. The summed E-state index contributed by atoms with van der Waals surface area (Å²) in [6, 6.07) is 83.3. The van der Waals surface area contributed by atoms with Crippen molar-refractivity contribution in [3.63, 3.8) is 0 Å². The van der Waals surface area contributed by atoms with E-state index in [1.807, 2.05) is 200 Å². The second-order valence-electron chi connectivity index (χ2n) is 29.4. The normalized spacial score (nSPS) is 10.9. The summed E-state index contributed by atoms with van der Waals surface area (Å²) < 4.78 is 49.6. The quantitative estimate of drug-likeness (QED) is 0.0972. The molecule has 0 spiro atoms. The van der Waals surface area contributed by atoms with E-state index < -0.39 is 11.8 Å². The molecular formula is C99H83FN12O7S2. The number of aromatic nitrogens is 7. The molecule has 11 aromatic carbocycles. The molecule has 18 aromatic rings. The Bertz CT molecular complexity index is 6860. The maximum Gasteiger partial charge on any atom is 0.248 e. The lowest BCUT2D eigenvalue weighted by Crippen LogP contribution is -2.11. The summed E-state index contributed by atoms with van der Waals surface area (Å²) >= 11 is 3.23.